The molecule has 28 heavy (non-hydrogen) atoms. The summed E-state index contributed by atoms with van der Waals surface area (Å²) in [6.07, 6.45) is 8.31. The first-order valence-corrected chi connectivity index (χ1v) is 9.80. The highest BCUT2D eigenvalue weighted by Crippen LogP contribution is 2.42. The summed E-state index contributed by atoms with van der Waals surface area (Å²) in [7, 11) is 0. The number of fused-ring (bicyclic) bond motifs is 1. The van der Waals surface area contributed by atoms with Gasteiger partial charge in [-0.1, -0.05) is 0 Å². The largest absolute Gasteiger partial charge is 0.488 e. The zero-order valence-corrected chi connectivity index (χ0v) is 15.8. The minimum Gasteiger partial charge on any atom is -0.488 e. The van der Waals surface area contributed by atoms with E-state index in [1.54, 1.807) is 0 Å². The molecular weight excluding hydrogens is 364 g/mol. The van der Waals surface area contributed by atoms with Gasteiger partial charge in [0.25, 0.3) is 5.92 Å². The number of hydrogen-bond acceptors (Lipinski definition) is 6. The highest BCUT2D eigenvalue weighted by atomic mass is 19.3. The molecule has 2 aliphatic heterocycles. The molecule has 1 saturated heterocycles. The van der Waals surface area contributed by atoms with Crippen LogP contribution in [0, 0.1) is 0 Å². The summed E-state index contributed by atoms with van der Waals surface area (Å²) < 4.78 is 33.0. The Morgan fingerprint density at radius 3 is 2.71 bits per heavy atom. The minimum absolute atomic E-state index is 0.0303. The predicted octanol–water partition coefficient (Wildman–Crippen LogP) is 3.17. The zero-order chi connectivity index (χ0) is 19.4. The fraction of sp³-hybridized carbons (Fsp3) is 0.550. The first kappa shape index (κ1) is 17.6. The van der Waals surface area contributed by atoms with Gasteiger partial charge in [-0.05, 0) is 38.3 Å². The summed E-state index contributed by atoms with van der Waals surface area (Å²) in [4.78, 5) is 10.6. The van der Waals surface area contributed by atoms with Crippen LogP contribution in [0.1, 0.15) is 44.7 Å². The molecule has 2 aliphatic carbocycles. The number of allylic oxidation sites excluding steroid dienone is 1. The summed E-state index contributed by atoms with van der Waals surface area (Å²) in [5, 5.41) is 4.49. The highest BCUT2D eigenvalue weighted by Gasteiger charge is 2.41. The van der Waals surface area contributed by atoms with Crippen LogP contribution in [0.5, 0.6) is 0 Å². The van der Waals surface area contributed by atoms with Crippen molar-refractivity contribution in [2.24, 2.45) is 5.10 Å². The van der Waals surface area contributed by atoms with Crippen LogP contribution in [0.3, 0.4) is 0 Å². The maximum absolute atomic E-state index is 13.5. The number of nitrogens with one attached hydrogen (secondary N) is 1. The van der Waals surface area contributed by atoms with E-state index in [9.17, 15) is 8.78 Å². The van der Waals surface area contributed by atoms with Crippen LogP contribution < -0.4 is 10.3 Å². The van der Waals surface area contributed by atoms with Crippen LogP contribution >= 0.6 is 0 Å². The van der Waals surface area contributed by atoms with Crippen LogP contribution in [0.2, 0.25) is 0 Å². The van der Waals surface area contributed by atoms with Gasteiger partial charge in [0.1, 0.15) is 29.2 Å². The average molecular weight is 387 g/mol. The molecule has 2 fully saturated rings. The average Bonchev–Trinajstić information content (AvgIpc) is 3.25. The van der Waals surface area contributed by atoms with E-state index in [1.807, 2.05) is 17.0 Å². The molecule has 5 rings (SSSR count). The van der Waals surface area contributed by atoms with Gasteiger partial charge in [0.2, 0.25) is 0 Å². The lowest BCUT2D eigenvalue weighted by atomic mass is 9.94. The standard InChI is InChI=1S/C20H23F2N5O/c1-19(4-5-19)28-13-2-3-15-14(10-13)18(26-25-15)16-11-17(24-12-23-16)27-8-6-20(21,22)7-9-27/h2,10-12,15,25H,3-9H2,1H3. The summed E-state index contributed by atoms with van der Waals surface area (Å²) in [6.45, 7) is 2.71. The third kappa shape index (κ3) is 3.36. The lowest BCUT2D eigenvalue weighted by Gasteiger charge is -2.32. The van der Waals surface area contributed by atoms with E-state index in [1.165, 1.54) is 6.33 Å². The summed E-state index contributed by atoms with van der Waals surface area (Å²) in [5.41, 5.74) is 5.65. The second kappa shape index (κ2) is 6.25. The molecule has 0 aromatic carbocycles. The van der Waals surface area contributed by atoms with Crippen molar-refractivity contribution in [2.75, 3.05) is 18.0 Å². The van der Waals surface area contributed by atoms with E-state index in [0.29, 0.717) is 24.6 Å². The number of rotatable bonds is 4. The van der Waals surface area contributed by atoms with Gasteiger partial charge in [0.05, 0.1) is 11.7 Å². The van der Waals surface area contributed by atoms with Crippen LogP contribution in [0.15, 0.2) is 41.0 Å². The molecule has 8 heteroatoms. The number of nitrogens with zero attached hydrogens (tertiary/aromatic N) is 4. The van der Waals surface area contributed by atoms with Crippen LogP contribution in [0.25, 0.3) is 0 Å². The first-order chi connectivity index (χ1) is 13.4. The van der Waals surface area contributed by atoms with Crippen LogP contribution in [0.4, 0.5) is 14.6 Å². The molecule has 3 heterocycles. The highest BCUT2D eigenvalue weighted by molar-refractivity contribution is 6.13. The fourth-order valence-corrected chi connectivity index (χ4v) is 3.79. The monoisotopic (exact) mass is 387 g/mol. The van der Waals surface area contributed by atoms with Crippen molar-refractivity contribution in [3.8, 4) is 0 Å². The van der Waals surface area contributed by atoms with Crippen molar-refractivity contribution in [3.63, 3.8) is 0 Å². The second-order valence-electron chi connectivity index (χ2n) is 8.24. The lowest BCUT2D eigenvalue weighted by molar-refractivity contribution is -0.0221. The zero-order valence-electron chi connectivity index (χ0n) is 15.8. The molecule has 1 aromatic rings. The minimum atomic E-state index is -2.58. The van der Waals surface area contributed by atoms with Crippen molar-refractivity contribution in [1.82, 2.24) is 15.4 Å². The molecule has 0 amide bonds. The van der Waals surface area contributed by atoms with E-state index < -0.39 is 5.92 Å². The van der Waals surface area contributed by atoms with Gasteiger partial charge in [-0.2, -0.15) is 5.10 Å². The van der Waals surface area contributed by atoms with Crippen molar-refractivity contribution >= 4 is 11.5 Å². The van der Waals surface area contributed by atoms with E-state index in [4.69, 9.17) is 4.74 Å². The SMILES string of the molecule is CC1(OC2=CCC3NN=C(c4cc(N5CCC(F)(F)CC5)ncn4)C3=C2)CC1. The maximum atomic E-state index is 13.5. The van der Waals surface area contributed by atoms with Gasteiger partial charge in [0.15, 0.2) is 0 Å². The number of ether oxygens (including phenoxy) is 1. The van der Waals surface area contributed by atoms with Gasteiger partial charge >= 0.3 is 0 Å². The molecule has 4 aliphatic rings. The Balaban J connectivity index is 1.37. The Kier molecular flexibility index (Phi) is 3.93. The van der Waals surface area contributed by atoms with Crippen molar-refractivity contribution in [3.05, 3.63) is 41.6 Å². The fourth-order valence-electron chi connectivity index (χ4n) is 3.79. The molecule has 6 nitrogen and oxygen atoms in total. The smallest absolute Gasteiger partial charge is 0.251 e. The molecule has 1 saturated carbocycles. The topological polar surface area (TPSA) is 62.6 Å². The third-order valence-electron chi connectivity index (χ3n) is 5.87. The number of halogens is 2. The van der Waals surface area contributed by atoms with Gasteiger partial charge < -0.3 is 15.1 Å². The number of hydrazone groups is 1. The Labute approximate surface area is 162 Å². The summed E-state index contributed by atoms with van der Waals surface area (Å²) in [6, 6.07) is 1.95. The van der Waals surface area contributed by atoms with Crippen molar-refractivity contribution < 1.29 is 13.5 Å². The Hall–Kier alpha value is -2.51. The quantitative estimate of drug-likeness (QED) is 0.860. The van der Waals surface area contributed by atoms with Gasteiger partial charge in [-0.15, -0.1) is 0 Å². The van der Waals surface area contributed by atoms with Crippen molar-refractivity contribution in [1.29, 1.82) is 0 Å². The second-order valence-corrected chi connectivity index (χ2v) is 8.24. The van der Waals surface area contributed by atoms with Crippen LogP contribution in [-0.4, -0.2) is 46.3 Å². The van der Waals surface area contributed by atoms with Crippen molar-refractivity contribution in [2.45, 2.75) is 56.6 Å². The lowest BCUT2D eigenvalue weighted by Crippen LogP contribution is -2.39. The normalized spacial score (nSPS) is 27.2. The Morgan fingerprint density at radius 1 is 1.18 bits per heavy atom. The summed E-state index contributed by atoms with van der Waals surface area (Å²) in [5.74, 6) is -1.02. The molecule has 0 bridgehead atoms. The molecule has 1 aromatic heterocycles. The van der Waals surface area contributed by atoms with E-state index >= 15 is 0 Å². The molecule has 0 spiro atoms. The molecular formula is C20H23F2N5O. The number of hydrogen-bond donors (Lipinski definition) is 1. The number of piperidine rings is 1. The van der Waals surface area contributed by atoms with E-state index in [0.717, 1.165) is 36.3 Å². The van der Waals surface area contributed by atoms with E-state index in [-0.39, 0.29) is 24.5 Å². The molecule has 0 radical (unpaired) electrons. The summed E-state index contributed by atoms with van der Waals surface area (Å²) >= 11 is 0. The maximum Gasteiger partial charge on any atom is 0.251 e. The molecule has 1 unspecified atom stereocenters. The molecule has 1 atom stereocenters. The van der Waals surface area contributed by atoms with Gasteiger partial charge in [0, 0.05) is 37.6 Å². The number of alkyl halides is 2. The first-order valence-electron chi connectivity index (χ1n) is 9.80. The van der Waals surface area contributed by atoms with Crippen LogP contribution in [-0.2, 0) is 4.74 Å². The Morgan fingerprint density at radius 2 is 1.96 bits per heavy atom. The number of anilines is 1. The Bertz CT molecular complexity index is 880. The van der Waals surface area contributed by atoms with Gasteiger partial charge in [-0.25, -0.2) is 18.7 Å². The molecule has 148 valence electrons. The molecule has 1 N–H and O–H groups in total. The third-order valence-corrected chi connectivity index (χ3v) is 5.87. The van der Waals surface area contributed by atoms with E-state index in [2.05, 4.69) is 33.5 Å². The van der Waals surface area contributed by atoms with Gasteiger partial charge in [-0.3, -0.25) is 0 Å². The number of aromatic nitrogens is 2. The predicted molar refractivity (Wildman–Crippen MR) is 101 cm³/mol.